The summed E-state index contributed by atoms with van der Waals surface area (Å²) in [6.07, 6.45) is 0. The molecule has 0 bridgehead atoms. The second-order valence-electron chi connectivity index (χ2n) is 6.90. The standard InChI is InChI=1S/C22H25N3O4S/c1-4-29-19-8-6-18(7-9-19)20-10-12-22(26)25(24-20)14-13-23-30(27,28)21-11-5-16(2)15-17(21)3/h5-12,15,23H,4,13-14H2,1-3H3. The lowest BCUT2D eigenvalue weighted by Crippen LogP contribution is -2.32. The van der Waals surface area contributed by atoms with E-state index in [1.165, 1.54) is 10.7 Å². The molecule has 0 saturated heterocycles. The third kappa shape index (κ3) is 5.14. The number of sulfonamides is 1. The summed E-state index contributed by atoms with van der Waals surface area (Å²) in [4.78, 5) is 12.4. The lowest BCUT2D eigenvalue weighted by molar-refractivity contribution is 0.340. The predicted molar refractivity (Wildman–Crippen MR) is 116 cm³/mol. The van der Waals surface area contributed by atoms with Gasteiger partial charge in [-0.1, -0.05) is 17.7 Å². The van der Waals surface area contributed by atoms with Crippen LogP contribution < -0.4 is 15.0 Å². The molecular formula is C22H25N3O4S. The minimum Gasteiger partial charge on any atom is -0.494 e. The Morgan fingerprint density at radius 2 is 1.77 bits per heavy atom. The van der Waals surface area contributed by atoms with Gasteiger partial charge < -0.3 is 4.74 Å². The van der Waals surface area contributed by atoms with Crippen LogP contribution in [0.2, 0.25) is 0 Å². The van der Waals surface area contributed by atoms with Crippen LogP contribution in [0.1, 0.15) is 18.1 Å². The molecule has 1 aromatic heterocycles. The third-order valence-corrected chi connectivity index (χ3v) is 6.18. The molecule has 158 valence electrons. The second kappa shape index (κ2) is 9.23. The summed E-state index contributed by atoms with van der Waals surface area (Å²) in [6, 6.07) is 15.7. The molecule has 3 aromatic rings. The van der Waals surface area contributed by atoms with Crippen molar-refractivity contribution in [1.82, 2.24) is 14.5 Å². The van der Waals surface area contributed by atoms with Gasteiger partial charge in [-0.25, -0.2) is 17.8 Å². The topological polar surface area (TPSA) is 90.3 Å². The highest BCUT2D eigenvalue weighted by atomic mass is 32.2. The molecular weight excluding hydrogens is 402 g/mol. The van der Waals surface area contributed by atoms with Gasteiger partial charge in [0.15, 0.2) is 0 Å². The number of rotatable bonds is 8. The van der Waals surface area contributed by atoms with Gasteiger partial charge in [0.05, 0.1) is 23.7 Å². The molecule has 0 unspecified atom stereocenters. The molecule has 0 aliphatic carbocycles. The number of hydrogen-bond acceptors (Lipinski definition) is 5. The monoisotopic (exact) mass is 427 g/mol. The number of aryl methyl sites for hydroxylation is 2. The van der Waals surface area contributed by atoms with Crippen LogP contribution in [0.15, 0.2) is 64.3 Å². The van der Waals surface area contributed by atoms with E-state index < -0.39 is 10.0 Å². The first-order valence-corrected chi connectivity index (χ1v) is 11.2. The molecule has 0 aliphatic rings. The van der Waals surface area contributed by atoms with E-state index in [-0.39, 0.29) is 23.5 Å². The van der Waals surface area contributed by atoms with Crippen molar-refractivity contribution in [2.24, 2.45) is 0 Å². The van der Waals surface area contributed by atoms with Crippen LogP contribution in [0.4, 0.5) is 0 Å². The highest BCUT2D eigenvalue weighted by Gasteiger charge is 2.16. The van der Waals surface area contributed by atoms with Crippen LogP contribution in [0.25, 0.3) is 11.3 Å². The second-order valence-corrected chi connectivity index (χ2v) is 8.64. The number of ether oxygens (including phenoxy) is 1. The number of hydrogen-bond donors (Lipinski definition) is 1. The van der Waals surface area contributed by atoms with Crippen molar-refractivity contribution >= 4 is 10.0 Å². The number of nitrogens with zero attached hydrogens (tertiary/aromatic N) is 2. The van der Waals surface area contributed by atoms with Gasteiger partial charge in [0.2, 0.25) is 10.0 Å². The summed E-state index contributed by atoms with van der Waals surface area (Å²) in [5.41, 5.74) is 2.83. The fourth-order valence-corrected chi connectivity index (χ4v) is 4.36. The summed E-state index contributed by atoms with van der Waals surface area (Å²) in [6.45, 7) is 6.34. The van der Waals surface area contributed by atoms with Gasteiger partial charge in [0.25, 0.3) is 5.56 Å². The van der Waals surface area contributed by atoms with E-state index in [0.717, 1.165) is 16.9 Å². The fraction of sp³-hybridized carbons (Fsp3) is 0.273. The SMILES string of the molecule is CCOc1ccc(-c2ccc(=O)n(CCNS(=O)(=O)c3ccc(C)cc3C)n2)cc1. The number of nitrogens with one attached hydrogen (secondary N) is 1. The van der Waals surface area contributed by atoms with E-state index >= 15 is 0 Å². The van der Waals surface area contributed by atoms with Gasteiger partial charge in [-0.15, -0.1) is 0 Å². The summed E-state index contributed by atoms with van der Waals surface area (Å²) in [7, 11) is -3.67. The van der Waals surface area contributed by atoms with Crippen LogP contribution in [0, 0.1) is 13.8 Å². The molecule has 8 heteroatoms. The third-order valence-electron chi connectivity index (χ3n) is 4.56. The van der Waals surface area contributed by atoms with Crippen LogP contribution in [0.5, 0.6) is 5.75 Å². The fourth-order valence-electron chi connectivity index (χ4n) is 3.12. The van der Waals surface area contributed by atoms with Gasteiger partial charge in [-0.3, -0.25) is 4.79 Å². The Labute approximate surface area is 176 Å². The van der Waals surface area contributed by atoms with E-state index in [4.69, 9.17) is 4.74 Å². The van der Waals surface area contributed by atoms with Crippen molar-refractivity contribution in [1.29, 1.82) is 0 Å². The molecule has 0 aliphatic heterocycles. The van der Waals surface area contributed by atoms with Crippen LogP contribution in [0.3, 0.4) is 0 Å². The lowest BCUT2D eigenvalue weighted by atomic mass is 10.1. The largest absolute Gasteiger partial charge is 0.494 e. The number of aromatic nitrogens is 2. The zero-order chi connectivity index (χ0) is 21.7. The first kappa shape index (κ1) is 21.7. The molecule has 0 radical (unpaired) electrons. The van der Waals surface area contributed by atoms with E-state index in [1.807, 2.05) is 44.2 Å². The van der Waals surface area contributed by atoms with E-state index in [2.05, 4.69) is 9.82 Å². The average Bonchev–Trinajstić information content (AvgIpc) is 2.70. The molecule has 1 heterocycles. The summed E-state index contributed by atoms with van der Waals surface area (Å²) >= 11 is 0. The zero-order valence-electron chi connectivity index (χ0n) is 17.3. The Morgan fingerprint density at radius 1 is 1.03 bits per heavy atom. The zero-order valence-corrected chi connectivity index (χ0v) is 18.1. The maximum absolute atomic E-state index is 12.6. The van der Waals surface area contributed by atoms with Crippen molar-refractivity contribution in [2.45, 2.75) is 32.2 Å². The highest BCUT2D eigenvalue weighted by Crippen LogP contribution is 2.20. The Bertz CT molecular complexity index is 1190. The maximum atomic E-state index is 12.6. The Kier molecular flexibility index (Phi) is 6.69. The van der Waals surface area contributed by atoms with Crippen molar-refractivity contribution in [3.05, 3.63) is 76.1 Å². The molecule has 0 spiro atoms. The Hall–Kier alpha value is -2.97. The summed E-state index contributed by atoms with van der Waals surface area (Å²) in [5, 5.41) is 4.37. The Balaban J connectivity index is 1.72. The first-order valence-electron chi connectivity index (χ1n) is 9.68. The van der Waals surface area contributed by atoms with Gasteiger partial charge in [0.1, 0.15) is 5.75 Å². The van der Waals surface area contributed by atoms with E-state index in [0.29, 0.717) is 17.9 Å². The molecule has 3 rings (SSSR count). The molecule has 7 nitrogen and oxygen atoms in total. The number of benzene rings is 2. The summed E-state index contributed by atoms with van der Waals surface area (Å²) < 4.78 is 34.4. The van der Waals surface area contributed by atoms with E-state index in [9.17, 15) is 13.2 Å². The minimum atomic E-state index is -3.67. The van der Waals surface area contributed by atoms with Crippen molar-refractivity contribution in [3.8, 4) is 17.0 Å². The average molecular weight is 428 g/mol. The molecule has 1 N–H and O–H groups in total. The van der Waals surface area contributed by atoms with Gasteiger partial charge in [0, 0.05) is 18.2 Å². The van der Waals surface area contributed by atoms with Crippen LogP contribution >= 0.6 is 0 Å². The van der Waals surface area contributed by atoms with Crippen LogP contribution in [-0.4, -0.2) is 31.3 Å². The first-order chi connectivity index (χ1) is 14.3. The molecule has 0 fully saturated rings. The normalized spacial score (nSPS) is 11.4. The van der Waals surface area contributed by atoms with E-state index in [1.54, 1.807) is 25.1 Å². The van der Waals surface area contributed by atoms with Gasteiger partial charge in [-0.2, -0.15) is 5.10 Å². The van der Waals surface area contributed by atoms with Crippen molar-refractivity contribution in [3.63, 3.8) is 0 Å². The van der Waals surface area contributed by atoms with Crippen LogP contribution in [-0.2, 0) is 16.6 Å². The minimum absolute atomic E-state index is 0.0509. The lowest BCUT2D eigenvalue weighted by Gasteiger charge is -2.11. The molecule has 2 aromatic carbocycles. The smallest absolute Gasteiger partial charge is 0.266 e. The summed E-state index contributed by atoms with van der Waals surface area (Å²) in [5.74, 6) is 0.760. The van der Waals surface area contributed by atoms with Crippen molar-refractivity contribution < 1.29 is 13.2 Å². The predicted octanol–water partition coefficient (Wildman–Crippen LogP) is 2.90. The van der Waals surface area contributed by atoms with Gasteiger partial charge in [-0.05, 0) is 62.7 Å². The molecule has 30 heavy (non-hydrogen) atoms. The quantitative estimate of drug-likeness (QED) is 0.597. The molecule has 0 atom stereocenters. The maximum Gasteiger partial charge on any atom is 0.266 e. The molecule has 0 saturated carbocycles. The van der Waals surface area contributed by atoms with Gasteiger partial charge >= 0.3 is 0 Å². The molecule has 0 amide bonds. The van der Waals surface area contributed by atoms with Crippen molar-refractivity contribution in [2.75, 3.05) is 13.2 Å². The Morgan fingerprint density at radius 3 is 2.43 bits per heavy atom. The highest BCUT2D eigenvalue weighted by molar-refractivity contribution is 7.89.